The molecule has 8 nitrogen and oxygen atoms in total. The Kier molecular flexibility index (Phi) is 6.00. The smallest absolute Gasteiger partial charge is 0.319 e. The number of carbonyl (C=O) groups excluding carboxylic acids is 2. The van der Waals surface area contributed by atoms with Gasteiger partial charge in [0, 0.05) is 71.8 Å². The highest BCUT2D eigenvalue weighted by Crippen LogP contribution is 2.26. The molecule has 0 saturated heterocycles. The molecule has 31 heavy (non-hydrogen) atoms. The Morgan fingerprint density at radius 1 is 1.10 bits per heavy atom. The molecule has 3 aromatic heterocycles. The summed E-state index contributed by atoms with van der Waals surface area (Å²) in [5.41, 5.74) is 3.91. The van der Waals surface area contributed by atoms with Gasteiger partial charge in [-0.1, -0.05) is 18.2 Å². The fraction of sp³-hybridized carbons (Fsp3) is 0.130. The molecule has 0 atom stereocenters. The Bertz CT molecular complexity index is 1220. The highest BCUT2D eigenvalue weighted by Gasteiger charge is 2.16. The second-order valence-electron chi connectivity index (χ2n) is 6.85. The largest absolute Gasteiger partial charge is 0.383 e. The van der Waals surface area contributed by atoms with Gasteiger partial charge in [0.15, 0.2) is 5.78 Å². The van der Waals surface area contributed by atoms with Crippen molar-refractivity contribution in [3.63, 3.8) is 0 Å². The Hall–Kier alpha value is -4.04. The number of nitrogens with zero attached hydrogens (tertiary/aromatic N) is 2. The number of ketones is 1. The van der Waals surface area contributed by atoms with Gasteiger partial charge in [-0.05, 0) is 24.3 Å². The number of pyridine rings is 2. The predicted molar refractivity (Wildman–Crippen MR) is 118 cm³/mol. The maximum atomic E-state index is 13.2. The highest BCUT2D eigenvalue weighted by molar-refractivity contribution is 6.16. The zero-order valence-corrected chi connectivity index (χ0v) is 16.9. The number of benzene rings is 1. The number of fused-ring (bicyclic) bond motifs is 1. The van der Waals surface area contributed by atoms with Crippen LogP contribution >= 0.6 is 0 Å². The van der Waals surface area contributed by atoms with Crippen molar-refractivity contribution in [1.82, 2.24) is 20.3 Å². The van der Waals surface area contributed by atoms with Crippen LogP contribution in [0.2, 0.25) is 0 Å². The molecule has 0 aliphatic rings. The van der Waals surface area contributed by atoms with Crippen LogP contribution in [0.3, 0.4) is 0 Å². The van der Waals surface area contributed by atoms with E-state index in [0.29, 0.717) is 35.6 Å². The number of carbonyl (C=O) groups is 2. The molecule has 3 N–H and O–H groups in total. The van der Waals surface area contributed by atoms with Crippen LogP contribution in [0.4, 0.5) is 10.5 Å². The number of amides is 2. The Morgan fingerprint density at radius 2 is 2.00 bits per heavy atom. The summed E-state index contributed by atoms with van der Waals surface area (Å²) in [6.45, 7) is 0.810. The number of nitrogens with one attached hydrogen (secondary N) is 3. The quantitative estimate of drug-likeness (QED) is 0.315. The average molecular weight is 415 g/mol. The second kappa shape index (κ2) is 9.19. The van der Waals surface area contributed by atoms with Crippen LogP contribution in [0, 0.1) is 0 Å². The summed E-state index contributed by atoms with van der Waals surface area (Å²) in [4.78, 5) is 36.8. The SMILES string of the molecule is COCCNC(=O)Nc1cccc(C(=O)c2c[nH]c3ncc(-c4cccnc4)cc23)c1. The lowest BCUT2D eigenvalue weighted by atomic mass is 10.0. The third kappa shape index (κ3) is 4.59. The second-order valence-corrected chi connectivity index (χ2v) is 6.85. The van der Waals surface area contributed by atoms with Gasteiger partial charge in [0.25, 0.3) is 0 Å². The van der Waals surface area contributed by atoms with Gasteiger partial charge in [0.1, 0.15) is 5.65 Å². The van der Waals surface area contributed by atoms with Gasteiger partial charge >= 0.3 is 6.03 Å². The minimum Gasteiger partial charge on any atom is -0.383 e. The lowest BCUT2D eigenvalue weighted by Crippen LogP contribution is -2.31. The molecule has 0 aliphatic carbocycles. The van der Waals surface area contributed by atoms with Crippen molar-refractivity contribution in [2.75, 3.05) is 25.6 Å². The van der Waals surface area contributed by atoms with Crippen LogP contribution in [0.15, 0.2) is 67.3 Å². The van der Waals surface area contributed by atoms with E-state index in [1.807, 2.05) is 18.2 Å². The molecule has 8 heteroatoms. The van der Waals surface area contributed by atoms with Gasteiger partial charge in [-0.25, -0.2) is 9.78 Å². The fourth-order valence-corrected chi connectivity index (χ4v) is 3.22. The van der Waals surface area contributed by atoms with Crippen LogP contribution in [-0.2, 0) is 4.74 Å². The predicted octanol–water partition coefficient (Wildman–Crippen LogP) is 3.62. The fourth-order valence-electron chi connectivity index (χ4n) is 3.22. The van der Waals surface area contributed by atoms with E-state index in [-0.39, 0.29) is 11.8 Å². The molecule has 0 saturated carbocycles. The summed E-state index contributed by atoms with van der Waals surface area (Å²) in [5, 5.41) is 6.12. The number of urea groups is 1. The van der Waals surface area contributed by atoms with Crippen LogP contribution < -0.4 is 10.6 Å². The summed E-state index contributed by atoms with van der Waals surface area (Å²) >= 11 is 0. The Labute approximate surface area is 178 Å². The van der Waals surface area contributed by atoms with Crippen LogP contribution in [-0.4, -0.2) is 47.0 Å². The van der Waals surface area contributed by atoms with Crippen molar-refractivity contribution in [1.29, 1.82) is 0 Å². The Balaban J connectivity index is 1.59. The molecule has 0 bridgehead atoms. The van der Waals surface area contributed by atoms with Crippen molar-refractivity contribution in [2.24, 2.45) is 0 Å². The van der Waals surface area contributed by atoms with Crippen molar-refractivity contribution < 1.29 is 14.3 Å². The van der Waals surface area contributed by atoms with E-state index in [1.54, 1.807) is 56.2 Å². The first-order valence-corrected chi connectivity index (χ1v) is 9.72. The van der Waals surface area contributed by atoms with Crippen LogP contribution in [0.25, 0.3) is 22.2 Å². The number of methoxy groups -OCH3 is 1. The summed E-state index contributed by atoms with van der Waals surface area (Å²) < 4.78 is 4.91. The molecule has 0 radical (unpaired) electrons. The lowest BCUT2D eigenvalue weighted by molar-refractivity contribution is 0.104. The van der Waals surface area contributed by atoms with E-state index in [9.17, 15) is 9.59 Å². The normalized spacial score (nSPS) is 10.7. The van der Waals surface area contributed by atoms with Gasteiger partial charge < -0.3 is 20.4 Å². The molecule has 0 fully saturated rings. The molecular formula is C23H21N5O3. The van der Waals surface area contributed by atoms with E-state index in [2.05, 4.69) is 25.6 Å². The number of aromatic amines is 1. The first-order chi connectivity index (χ1) is 15.2. The molecule has 0 aliphatic heterocycles. The first kappa shape index (κ1) is 20.2. The van der Waals surface area contributed by atoms with E-state index >= 15 is 0 Å². The molecule has 4 aromatic rings. The number of ether oxygens (including phenoxy) is 1. The third-order valence-corrected chi connectivity index (χ3v) is 4.74. The molecular weight excluding hydrogens is 394 g/mol. The molecule has 2 amide bonds. The number of H-pyrrole nitrogens is 1. The van der Waals surface area contributed by atoms with Gasteiger partial charge in [0.2, 0.25) is 0 Å². The minimum absolute atomic E-state index is 0.167. The molecule has 0 unspecified atom stereocenters. The molecule has 3 heterocycles. The number of hydrogen-bond acceptors (Lipinski definition) is 5. The first-order valence-electron chi connectivity index (χ1n) is 9.72. The zero-order chi connectivity index (χ0) is 21.6. The molecule has 4 rings (SSSR count). The summed E-state index contributed by atoms with van der Waals surface area (Å²) in [7, 11) is 1.56. The van der Waals surface area contributed by atoms with E-state index in [4.69, 9.17) is 4.74 Å². The maximum Gasteiger partial charge on any atom is 0.319 e. The monoisotopic (exact) mass is 415 g/mol. The van der Waals surface area contributed by atoms with Crippen molar-refractivity contribution in [2.45, 2.75) is 0 Å². The number of anilines is 1. The zero-order valence-electron chi connectivity index (χ0n) is 16.9. The van der Waals surface area contributed by atoms with Gasteiger partial charge in [-0.3, -0.25) is 9.78 Å². The summed E-state index contributed by atoms with van der Waals surface area (Å²) in [6.07, 6.45) is 6.87. The van der Waals surface area contributed by atoms with Gasteiger partial charge in [0.05, 0.1) is 6.61 Å². The topological polar surface area (TPSA) is 109 Å². The van der Waals surface area contributed by atoms with Crippen LogP contribution in [0.5, 0.6) is 0 Å². The van der Waals surface area contributed by atoms with E-state index in [1.165, 1.54) is 0 Å². The van der Waals surface area contributed by atoms with Gasteiger partial charge in [-0.2, -0.15) is 0 Å². The lowest BCUT2D eigenvalue weighted by Gasteiger charge is -2.08. The van der Waals surface area contributed by atoms with E-state index in [0.717, 1.165) is 16.5 Å². The van der Waals surface area contributed by atoms with Gasteiger partial charge in [-0.15, -0.1) is 0 Å². The average Bonchev–Trinajstić information content (AvgIpc) is 3.23. The maximum absolute atomic E-state index is 13.2. The third-order valence-electron chi connectivity index (χ3n) is 4.74. The highest BCUT2D eigenvalue weighted by atomic mass is 16.5. The molecule has 1 aromatic carbocycles. The van der Waals surface area contributed by atoms with Crippen molar-refractivity contribution in [3.05, 3.63) is 78.4 Å². The number of aromatic nitrogens is 3. The minimum atomic E-state index is -0.362. The summed E-state index contributed by atoms with van der Waals surface area (Å²) in [5.74, 6) is -0.167. The Morgan fingerprint density at radius 3 is 2.81 bits per heavy atom. The number of rotatable bonds is 7. The summed E-state index contributed by atoms with van der Waals surface area (Å²) in [6, 6.07) is 12.2. The molecule has 156 valence electrons. The van der Waals surface area contributed by atoms with Crippen LogP contribution in [0.1, 0.15) is 15.9 Å². The van der Waals surface area contributed by atoms with Crippen molar-refractivity contribution in [3.8, 4) is 11.1 Å². The number of hydrogen-bond donors (Lipinski definition) is 3. The standard InChI is InChI=1S/C23H21N5O3/c1-31-9-8-25-23(30)28-18-6-2-4-15(10-18)21(29)20-14-27-22-19(20)11-17(13-26-22)16-5-3-7-24-12-16/h2-7,10-14H,8-9H2,1H3,(H,26,27)(H2,25,28,30). The van der Waals surface area contributed by atoms with Crippen molar-refractivity contribution >= 4 is 28.5 Å². The molecule has 0 spiro atoms. The van der Waals surface area contributed by atoms with E-state index < -0.39 is 0 Å².